The minimum absolute atomic E-state index is 0.0486. The molecule has 0 radical (unpaired) electrons. The summed E-state index contributed by atoms with van der Waals surface area (Å²) < 4.78 is 6.08. The SMILES string of the molecule is CN(C(=O)c1cccc2c1OC[C@@H](O)[C@@H](O)CCN(Cc1ccccc1O)CCCCC2)C1CCC1. The van der Waals surface area contributed by atoms with Crippen LogP contribution in [0.15, 0.2) is 42.5 Å². The van der Waals surface area contributed by atoms with Crippen molar-refractivity contribution in [1.82, 2.24) is 9.80 Å². The molecule has 0 unspecified atom stereocenters. The lowest BCUT2D eigenvalue weighted by atomic mass is 9.91. The number of amides is 1. The van der Waals surface area contributed by atoms with Gasteiger partial charge < -0.3 is 25.0 Å². The molecule has 0 bridgehead atoms. The van der Waals surface area contributed by atoms with Crippen molar-refractivity contribution in [2.75, 3.05) is 26.7 Å². The zero-order valence-corrected chi connectivity index (χ0v) is 21.3. The number of rotatable bonds is 4. The third-order valence-electron chi connectivity index (χ3n) is 7.66. The van der Waals surface area contributed by atoms with Crippen molar-refractivity contribution in [3.63, 3.8) is 0 Å². The Labute approximate surface area is 214 Å². The summed E-state index contributed by atoms with van der Waals surface area (Å²) >= 11 is 0. The van der Waals surface area contributed by atoms with Gasteiger partial charge >= 0.3 is 0 Å². The van der Waals surface area contributed by atoms with E-state index in [1.165, 1.54) is 0 Å². The fraction of sp³-hybridized carbons (Fsp3) is 0.552. The van der Waals surface area contributed by atoms with Crippen LogP contribution in [0.2, 0.25) is 0 Å². The van der Waals surface area contributed by atoms with Crippen molar-refractivity contribution in [3.05, 3.63) is 59.2 Å². The fourth-order valence-electron chi connectivity index (χ4n) is 5.02. The molecule has 1 saturated carbocycles. The first-order valence-corrected chi connectivity index (χ1v) is 13.3. The molecule has 2 aliphatic rings. The van der Waals surface area contributed by atoms with Gasteiger partial charge in [0.15, 0.2) is 0 Å². The number of nitrogens with zero attached hydrogens (tertiary/aromatic N) is 2. The van der Waals surface area contributed by atoms with Gasteiger partial charge in [-0.25, -0.2) is 0 Å². The summed E-state index contributed by atoms with van der Waals surface area (Å²) in [4.78, 5) is 17.3. The molecule has 2 aromatic rings. The van der Waals surface area contributed by atoms with E-state index in [0.717, 1.165) is 62.6 Å². The predicted octanol–water partition coefficient (Wildman–Crippen LogP) is 3.74. The number of aliphatic hydroxyl groups is 2. The number of carbonyl (C=O) groups is 1. The van der Waals surface area contributed by atoms with E-state index in [0.29, 0.717) is 30.8 Å². The van der Waals surface area contributed by atoms with E-state index in [1.54, 1.807) is 12.1 Å². The molecular formula is C29H40N2O5. The van der Waals surface area contributed by atoms with Gasteiger partial charge in [0.25, 0.3) is 5.91 Å². The Bertz CT molecular complexity index is 1010. The van der Waals surface area contributed by atoms with E-state index in [9.17, 15) is 20.1 Å². The number of aliphatic hydroxyl groups excluding tert-OH is 2. The summed E-state index contributed by atoms with van der Waals surface area (Å²) in [6, 6.07) is 13.3. The first-order chi connectivity index (χ1) is 17.4. The highest BCUT2D eigenvalue weighted by molar-refractivity contribution is 5.97. The molecule has 2 atom stereocenters. The van der Waals surface area contributed by atoms with Crippen LogP contribution >= 0.6 is 0 Å². The van der Waals surface area contributed by atoms with E-state index < -0.39 is 12.2 Å². The van der Waals surface area contributed by atoms with Crippen LogP contribution in [0, 0.1) is 0 Å². The molecule has 0 spiro atoms. The van der Waals surface area contributed by atoms with Gasteiger partial charge in [-0.05, 0) is 69.2 Å². The lowest BCUT2D eigenvalue weighted by Crippen LogP contribution is -2.41. The average molecular weight is 497 g/mol. The van der Waals surface area contributed by atoms with Gasteiger partial charge in [-0.15, -0.1) is 0 Å². The average Bonchev–Trinajstić information content (AvgIpc) is 2.84. The number of aromatic hydroxyl groups is 1. The summed E-state index contributed by atoms with van der Waals surface area (Å²) in [5.41, 5.74) is 2.35. The maximum atomic E-state index is 13.3. The lowest BCUT2D eigenvalue weighted by molar-refractivity contribution is -0.0165. The molecule has 1 aliphatic carbocycles. The van der Waals surface area contributed by atoms with Gasteiger partial charge in [0.2, 0.25) is 0 Å². The number of benzene rings is 2. The standard InChI is InChI=1S/C29H40N2O5/c1-30(23-12-8-13-23)29(35)24-14-7-11-21-9-3-2-6-17-31(19-22-10-4-5-15-25(22)32)18-16-26(33)27(34)20-36-28(21)24/h4-5,7,10-11,14-15,23,26-27,32-34H,2-3,6,8-9,12-13,16-20H2,1H3/t26-,27+/m0/s1. The van der Waals surface area contributed by atoms with Crippen LogP contribution in [-0.4, -0.2) is 76.0 Å². The van der Waals surface area contributed by atoms with Gasteiger partial charge in [-0.1, -0.05) is 36.8 Å². The van der Waals surface area contributed by atoms with Gasteiger partial charge in [-0.3, -0.25) is 9.69 Å². The van der Waals surface area contributed by atoms with Crippen LogP contribution in [0.25, 0.3) is 0 Å². The molecule has 36 heavy (non-hydrogen) atoms. The van der Waals surface area contributed by atoms with Crippen LogP contribution < -0.4 is 4.74 Å². The number of ether oxygens (including phenoxy) is 1. The minimum atomic E-state index is -1.07. The molecule has 1 amide bonds. The minimum Gasteiger partial charge on any atom is -0.508 e. The van der Waals surface area contributed by atoms with Gasteiger partial charge in [0.05, 0.1) is 11.7 Å². The fourth-order valence-corrected chi connectivity index (χ4v) is 5.02. The Morgan fingerprint density at radius 2 is 1.78 bits per heavy atom. The first-order valence-electron chi connectivity index (χ1n) is 13.3. The Morgan fingerprint density at radius 1 is 0.972 bits per heavy atom. The summed E-state index contributed by atoms with van der Waals surface area (Å²) in [6.07, 6.45) is 5.31. The second-order valence-corrected chi connectivity index (χ2v) is 10.2. The Morgan fingerprint density at radius 3 is 2.53 bits per heavy atom. The molecule has 1 fully saturated rings. The lowest BCUT2D eigenvalue weighted by Gasteiger charge is -2.35. The van der Waals surface area contributed by atoms with E-state index in [1.807, 2.05) is 42.3 Å². The van der Waals surface area contributed by atoms with E-state index in [4.69, 9.17) is 4.74 Å². The van der Waals surface area contributed by atoms with Crippen molar-refractivity contribution >= 4 is 5.91 Å². The molecule has 196 valence electrons. The van der Waals surface area contributed by atoms with E-state index >= 15 is 0 Å². The van der Waals surface area contributed by atoms with Crippen LogP contribution in [0.5, 0.6) is 11.5 Å². The van der Waals surface area contributed by atoms with Crippen molar-refractivity contribution in [2.24, 2.45) is 0 Å². The molecule has 1 heterocycles. The number of phenols is 1. The van der Waals surface area contributed by atoms with Crippen LogP contribution in [0.4, 0.5) is 0 Å². The molecule has 3 N–H and O–H groups in total. The molecule has 7 nitrogen and oxygen atoms in total. The highest BCUT2D eigenvalue weighted by atomic mass is 16.5. The second kappa shape index (κ2) is 12.6. The van der Waals surface area contributed by atoms with Crippen molar-refractivity contribution in [1.29, 1.82) is 0 Å². The zero-order chi connectivity index (χ0) is 25.5. The van der Waals surface area contributed by atoms with Gasteiger partial charge in [0.1, 0.15) is 24.2 Å². The van der Waals surface area contributed by atoms with Crippen molar-refractivity contribution in [2.45, 2.75) is 76.2 Å². The molecule has 7 heteroatoms. The van der Waals surface area contributed by atoms with Gasteiger partial charge in [-0.2, -0.15) is 0 Å². The molecule has 4 rings (SSSR count). The Balaban J connectivity index is 1.48. The monoisotopic (exact) mass is 496 g/mol. The molecule has 2 aromatic carbocycles. The maximum absolute atomic E-state index is 13.3. The zero-order valence-electron chi connectivity index (χ0n) is 21.3. The number of phenolic OH excluding ortho intramolecular Hbond substituents is 1. The van der Waals surface area contributed by atoms with Crippen molar-refractivity contribution in [3.8, 4) is 11.5 Å². The summed E-state index contributed by atoms with van der Waals surface area (Å²) in [6.45, 7) is 1.95. The third kappa shape index (κ3) is 6.58. The summed E-state index contributed by atoms with van der Waals surface area (Å²) in [7, 11) is 1.86. The number of hydrogen-bond acceptors (Lipinski definition) is 6. The highest BCUT2D eigenvalue weighted by Crippen LogP contribution is 2.31. The predicted molar refractivity (Wildman–Crippen MR) is 139 cm³/mol. The Kier molecular flexibility index (Phi) is 9.24. The van der Waals surface area contributed by atoms with Crippen LogP contribution in [0.1, 0.15) is 66.4 Å². The topological polar surface area (TPSA) is 93.5 Å². The number of carbonyl (C=O) groups excluding carboxylic acids is 1. The largest absolute Gasteiger partial charge is 0.508 e. The molecule has 1 aliphatic heterocycles. The summed E-state index contributed by atoms with van der Waals surface area (Å²) in [5.74, 6) is 0.765. The molecule has 0 saturated heterocycles. The second-order valence-electron chi connectivity index (χ2n) is 10.2. The normalized spacial score (nSPS) is 22.5. The summed E-state index contributed by atoms with van der Waals surface area (Å²) in [5, 5.41) is 31.5. The first kappa shape index (κ1) is 26.5. The smallest absolute Gasteiger partial charge is 0.257 e. The number of para-hydroxylation sites is 2. The maximum Gasteiger partial charge on any atom is 0.257 e. The molecular weight excluding hydrogens is 456 g/mol. The van der Waals surface area contributed by atoms with E-state index in [2.05, 4.69) is 4.90 Å². The Hall–Kier alpha value is -2.61. The third-order valence-corrected chi connectivity index (χ3v) is 7.66. The number of hydrogen-bond donors (Lipinski definition) is 3. The van der Waals surface area contributed by atoms with E-state index in [-0.39, 0.29) is 24.3 Å². The number of fused-ring (bicyclic) bond motifs is 1. The van der Waals surface area contributed by atoms with Crippen LogP contribution in [-0.2, 0) is 13.0 Å². The molecule has 0 aromatic heterocycles. The highest BCUT2D eigenvalue weighted by Gasteiger charge is 2.29. The van der Waals surface area contributed by atoms with Gasteiger partial charge in [0, 0.05) is 31.7 Å². The van der Waals surface area contributed by atoms with Crippen LogP contribution in [0.3, 0.4) is 0 Å². The number of aryl methyl sites for hydroxylation is 1. The van der Waals surface area contributed by atoms with Crippen molar-refractivity contribution < 1.29 is 24.9 Å². The quantitative estimate of drug-likeness (QED) is 0.597.